The minimum atomic E-state index is 0.541. The first-order chi connectivity index (χ1) is 9.06. The lowest BCUT2D eigenvalue weighted by Gasteiger charge is -2.13. The molecule has 0 atom stereocenters. The molecule has 1 aromatic carbocycles. The molecular formula is C13H14BrN5. The zero-order valence-corrected chi connectivity index (χ0v) is 12.3. The largest absolute Gasteiger partial charge is 0.397 e. The lowest BCUT2D eigenvalue weighted by molar-refractivity contribution is 1.12. The van der Waals surface area contributed by atoms with Crippen molar-refractivity contribution < 1.29 is 0 Å². The molecule has 0 aliphatic heterocycles. The summed E-state index contributed by atoms with van der Waals surface area (Å²) in [7, 11) is 3.92. The van der Waals surface area contributed by atoms with E-state index in [1.807, 2.05) is 43.3 Å². The van der Waals surface area contributed by atoms with Crippen molar-refractivity contribution in [2.45, 2.75) is 0 Å². The van der Waals surface area contributed by atoms with E-state index in [1.54, 1.807) is 12.3 Å². The average molecular weight is 320 g/mol. The number of nitrogens with zero attached hydrogens (tertiary/aromatic N) is 4. The number of rotatable bonds is 3. The van der Waals surface area contributed by atoms with Crippen LogP contribution in [0.25, 0.3) is 0 Å². The van der Waals surface area contributed by atoms with Gasteiger partial charge < -0.3 is 10.6 Å². The van der Waals surface area contributed by atoms with Gasteiger partial charge >= 0.3 is 0 Å². The Labute approximate surface area is 120 Å². The van der Waals surface area contributed by atoms with Crippen LogP contribution < -0.4 is 10.6 Å². The summed E-state index contributed by atoms with van der Waals surface area (Å²) in [4.78, 5) is 6.09. The lowest BCUT2D eigenvalue weighted by Crippen LogP contribution is -2.08. The lowest BCUT2D eigenvalue weighted by atomic mass is 10.2. The Balaban J connectivity index is 2.21. The second-order valence-electron chi connectivity index (χ2n) is 4.17. The summed E-state index contributed by atoms with van der Waals surface area (Å²) in [6, 6.07) is 9.29. The second-order valence-corrected chi connectivity index (χ2v) is 5.09. The van der Waals surface area contributed by atoms with Crippen molar-refractivity contribution in [1.82, 2.24) is 4.98 Å². The quantitative estimate of drug-likeness (QED) is 0.689. The Morgan fingerprint density at radius 2 is 1.95 bits per heavy atom. The van der Waals surface area contributed by atoms with Gasteiger partial charge in [0.05, 0.1) is 5.69 Å². The zero-order chi connectivity index (χ0) is 13.8. The van der Waals surface area contributed by atoms with Crippen LogP contribution in [-0.4, -0.2) is 19.1 Å². The van der Waals surface area contributed by atoms with Gasteiger partial charge in [-0.3, -0.25) is 0 Å². The van der Waals surface area contributed by atoms with Crippen molar-refractivity contribution in [1.29, 1.82) is 0 Å². The van der Waals surface area contributed by atoms with E-state index in [2.05, 4.69) is 31.1 Å². The Hall–Kier alpha value is -1.95. The SMILES string of the molecule is CN(C)c1ccc(N=Nc2ccc(Br)cn2)c(N)c1. The summed E-state index contributed by atoms with van der Waals surface area (Å²) in [5.74, 6) is 0.541. The molecule has 0 saturated carbocycles. The van der Waals surface area contributed by atoms with E-state index in [1.165, 1.54) is 0 Å². The number of aromatic nitrogens is 1. The highest BCUT2D eigenvalue weighted by Gasteiger charge is 2.01. The van der Waals surface area contributed by atoms with Crippen molar-refractivity contribution in [3.8, 4) is 0 Å². The normalized spacial score (nSPS) is 10.9. The molecule has 2 N–H and O–H groups in total. The van der Waals surface area contributed by atoms with E-state index in [4.69, 9.17) is 5.73 Å². The second kappa shape index (κ2) is 5.79. The molecule has 0 aliphatic rings. The predicted molar refractivity (Wildman–Crippen MR) is 81.3 cm³/mol. The number of pyridine rings is 1. The molecule has 5 nitrogen and oxygen atoms in total. The number of benzene rings is 1. The number of halogens is 1. The summed E-state index contributed by atoms with van der Waals surface area (Å²) in [6.07, 6.45) is 1.67. The van der Waals surface area contributed by atoms with Crippen molar-refractivity contribution in [3.05, 3.63) is 41.0 Å². The summed E-state index contributed by atoms with van der Waals surface area (Å²) in [5.41, 5.74) is 8.19. The van der Waals surface area contributed by atoms with Crippen LogP contribution in [0.2, 0.25) is 0 Å². The summed E-state index contributed by atoms with van der Waals surface area (Å²) in [6.45, 7) is 0. The third-order valence-electron chi connectivity index (χ3n) is 2.50. The van der Waals surface area contributed by atoms with Gasteiger partial charge in [-0.15, -0.1) is 10.2 Å². The van der Waals surface area contributed by atoms with E-state index in [0.29, 0.717) is 17.2 Å². The highest BCUT2D eigenvalue weighted by Crippen LogP contribution is 2.28. The molecule has 0 bridgehead atoms. The topological polar surface area (TPSA) is 66.9 Å². The van der Waals surface area contributed by atoms with Crippen LogP contribution in [0.3, 0.4) is 0 Å². The average Bonchev–Trinajstić information content (AvgIpc) is 2.39. The van der Waals surface area contributed by atoms with Crippen LogP contribution in [0.15, 0.2) is 51.2 Å². The molecule has 0 radical (unpaired) electrons. The molecule has 2 aromatic rings. The molecule has 0 spiro atoms. The van der Waals surface area contributed by atoms with Crippen LogP contribution in [0, 0.1) is 0 Å². The van der Waals surface area contributed by atoms with E-state index in [-0.39, 0.29) is 0 Å². The van der Waals surface area contributed by atoms with Crippen LogP contribution >= 0.6 is 15.9 Å². The van der Waals surface area contributed by atoms with Crippen molar-refractivity contribution >= 4 is 38.8 Å². The van der Waals surface area contributed by atoms with Crippen LogP contribution in [0.5, 0.6) is 0 Å². The maximum atomic E-state index is 5.94. The van der Waals surface area contributed by atoms with Gasteiger partial charge in [0.1, 0.15) is 5.69 Å². The number of nitrogen functional groups attached to an aromatic ring is 1. The van der Waals surface area contributed by atoms with Crippen molar-refractivity contribution in [3.63, 3.8) is 0 Å². The molecule has 0 fully saturated rings. The third-order valence-corrected chi connectivity index (χ3v) is 2.97. The molecule has 98 valence electrons. The van der Waals surface area contributed by atoms with Gasteiger partial charge in [0.2, 0.25) is 0 Å². The summed E-state index contributed by atoms with van der Waals surface area (Å²) < 4.78 is 0.904. The predicted octanol–water partition coefficient (Wildman–Crippen LogP) is 3.91. The molecule has 6 heteroatoms. The first kappa shape index (κ1) is 13.5. The molecule has 0 saturated heterocycles. The minimum absolute atomic E-state index is 0.541. The molecule has 0 amide bonds. The standard InChI is InChI=1S/C13H14BrN5/c1-19(2)10-4-5-12(11(15)7-10)17-18-13-6-3-9(14)8-16-13/h3-8H,15H2,1-2H3. The number of nitrogens with two attached hydrogens (primary N) is 1. The fraction of sp³-hybridized carbons (Fsp3) is 0.154. The van der Waals surface area contributed by atoms with Gasteiger partial charge in [-0.2, -0.15) is 0 Å². The van der Waals surface area contributed by atoms with Crippen molar-refractivity contribution in [2.24, 2.45) is 10.2 Å². The van der Waals surface area contributed by atoms with E-state index < -0.39 is 0 Å². The molecule has 19 heavy (non-hydrogen) atoms. The third kappa shape index (κ3) is 3.51. The van der Waals surface area contributed by atoms with Gasteiger partial charge in [-0.05, 0) is 46.3 Å². The minimum Gasteiger partial charge on any atom is -0.397 e. The smallest absolute Gasteiger partial charge is 0.174 e. The molecule has 0 aliphatic carbocycles. The number of hydrogen-bond donors (Lipinski definition) is 1. The Bertz CT molecular complexity index is 592. The van der Waals surface area contributed by atoms with Gasteiger partial charge in [0, 0.05) is 30.5 Å². The van der Waals surface area contributed by atoms with Gasteiger partial charge in [-0.1, -0.05) is 0 Å². The molecule has 1 aromatic heterocycles. The monoisotopic (exact) mass is 319 g/mol. The van der Waals surface area contributed by atoms with Gasteiger partial charge in [-0.25, -0.2) is 4.98 Å². The van der Waals surface area contributed by atoms with Gasteiger partial charge in [0.25, 0.3) is 0 Å². The molecule has 0 unspecified atom stereocenters. The molecule has 2 rings (SSSR count). The Kier molecular flexibility index (Phi) is 4.11. The van der Waals surface area contributed by atoms with Crippen LogP contribution in [0.4, 0.5) is 22.9 Å². The maximum Gasteiger partial charge on any atom is 0.174 e. The van der Waals surface area contributed by atoms with E-state index >= 15 is 0 Å². The number of azo groups is 1. The van der Waals surface area contributed by atoms with E-state index in [0.717, 1.165) is 10.2 Å². The molecule has 1 heterocycles. The summed E-state index contributed by atoms with van der Waals surface area (Å²) >= 11 is 3.32. The Morgan fingerprint density at radius 1 is 1.16 bits per heavy atom. The van der Waals surface area contributed by atoms with Crippen molar-refractivity contribution in [2.75, 3.05) is 24.7 Å². The fourth-order valence-corrected chi connectivity index (χ4v) is 1.68. The summed E-state index contributed by atoms with van der Waals surface area (Å²) in [5, 5.41) is 8.16. The first-order valence-electron chi connectivity index (χ1n) is 5.66. The van der Waals surface area contributed by atoms with E-state index in [9.17, 15) is 0 Å². The Morgan fingerprint density at radius 3 is 2.53 bits per heavy atom. The fourth-order valence-electron chi connectivity index (χ4n) is 1.44. The first-order valence-corrected chi connectivity index (χ1v) is 6.46. The highest BCUT2D eigenvalue weighted by molar-refractivity contribution is 9.10. The number of hydrogen-bond acceptors (Lipinski definition) is 5. The molecular weight excluding hydrogens is 306 g/mol. The highest BCUT2D eigenvalue weighted by atomic mass is 79.9. The van der Waals surface area contributed by atoms with Gasteiger partial charge in [0.15, 0.2) is 5.82 Å². The van der Waals surface area contributed by atoms with Crippen LogP contribution in [0.1, 0.15) is 0 Å². The zero-order valence-electron chi connectivity index (χ0n) is 10.7. The number of anilines is 2. The maximum absolute atomic E-state index is 5.94. The van der Waals surface area contributed by atoms with Crippen LogP contribution in [-0.2, 0) is 0 Å².